The molecule has 0 bridgehead atoms. The van der Waals surface area contributed by atoms with Gasteiger partial charge < -0.3 is 9.64 Å². The average molecular weight is 294 g/mol. The zero-order chi connectivity index (χ0) is 15.1. The number of likely N-dealkylation sites (tertiary alicyclic amines) is 1. The normalized spacial score (nSPS) is 26.2. The molecule has 0 spiro atoms. The topological polar surface area (TPSA) is 32.8 Å². The molecule has 2 atom stereocenters. The Labute approximate surface area is 129 Å². The van der Waals surface area contributed by atoms with Crippen LogP contribution in [-0.4, -0.2) is 61.6 Å². The maximum Gasteiger partial charge on any atom is 0.246 e. The average Bonchev–Trinajstić information content (AvgIpc) is 2.55. The molecule has 0 aromatic carbocycles. The lowest BCUT2D eigenvalue weighted by molar-refractivity contribution is -0.128. The van der Waals surface area contributed by atoms with Gasteiger partial charge in [-0.1, -0.05) is 26.3 Å². The summed E-state index contributed by atoms with van der Waals surface area (Å²) in [5, 5.41) is 0. The first-order valence-electron chi connectivity index (χ1n) is 8.46. The van der Waals surface area contributed by atoms with Crippen molar-refractivity contribution in [1.82, 2.24) is 9.80 Å². The summed E-state index contributed by atoms with van der Waals surface area (Å²) in [5.41, 5.74) is 0. The Balaban J connectivity index is 1.76. The van der Waals surface area contributed by atoms with Crippen LogP contribution in [0.3, 0.4) is 0 Å². The zero-order valence-electron chi connectivity index (χ0n) is 13.6. The first-order valence-corrected chi connectivity index (χ1v) is 8.46. The first-order chi connectivity index (χ1) is 10.2. The van der Waals surface area contributed by atoms with Gasteiger partial charge in [0.2, 0.25) is 5.91 Å². The van der Waals surface area contributed by atoms with Gasteiger partial charge in [0.05, 0.1) is 13.2 Å². The lowest BCUT2D eigenvalue weighted by Crippen LogP contribution is -2.41. The second-order valence-corrected chi connectivity index (χ2v) is 6.39. The number of piperidine rings is 1. The highest BCUT2D eigenvalue weighted by molar-refractivity contribution is 5.87. The number of morpholine rings is 1. The van der Waals surface area contributed by atoms with E-state index in [-0.39, 0.29) is 5.91 Å². The molecule has 2 fully saturated rings. The largest absolute Gasteiger partial charge is 0.379 e. The Morgan fingerprint density at radius 3 is 2.81 bits per heavy atom. The van der Waals surface area contributed by atoms with Crippen LogP contribution in [0, 0.1) is 11.8 Å². The molecular formula is C17H30N2O2. The van der Waals surface area contributed by atoms with Crippen LogP contribution in [0.5, 0.6) is 0 Å². The summed E-state index contributed by atoms with van der Waals surface area (Å²) in [6, 6.07) is 0. The number of hydrogen-bond donors (Lipinski definition) is 0. The number of ether oxygens (including phenoxy) is 1. The minimum atomic E-state index is 0.191. The van der Waals surface area contributed by atoms with Crippen LogP contribution in [0.25, 0.3) is 0 Å². The number of amides is 1. The van der Waals surface area contributed by atoms with Crippen molar-refractivity contribution in [2.24, 2.45) is 11.8 Å². The van der Waals surface area contributed by atoms with E-state index in [0.717, 1.165) is 58.3 Å². The van der Waals surface area contributed by atoms with Gasteiger partial charge in [-0.2, -0.15) is 0 Å². The third-order valence-electron chi connectivity index (χ3n) is 4.95. The summed E-state index contributed by atoms with van der Waals surface area (Å²) in [7, 11) is 0. The van der Waals surface area contributed by atoms with Crippen LogP contribution in [-0.2, 0) is 9.53 Å². The SMILES string of the molecule is CCC(C)C1CCCN(C(=O)/C=C/CN2CCOCC2)C1. The van der Waals surface area contributed by atoms with Gasteiger partial charge in [0.1, 0.15) is 0 Å². The molecule has 2 saturated heterocycles. The Kier molecular flexibility index (Phi) is 6.71. The molecule has 0 aliphatic carbocycles. The van der Waals surface area contributed by atoms with Gasteiger partial charge in [-0.15, -0.1) is 0 Å². The van der Waals surface area contributed by atoms with Crippen LogP contribution in [0.15, 0.2) is 12.2 Å². The molecule has 2 aliphatic rings. The lowest BCUT2D eigenvalue weighted by atomic mass is 9.85. The Morgan fingerprint density at radius 2 is 2.10 bits per heavy atom. The van der Waals surface area contributed by atoms with Crippen LogP contribution >= 0.6 is 0 Å². The predicted octanol–water partition coefficient (Wildman–Crippen LogP) is 2.16. The second-order valence-electron chi connectivity index (χ2n) is 6.39. The Bertz CT molecular complexity index is 351. The maximum absolute atomic E-state index is 12.3. The highest BCUT2D eigenvalue weighted by atomic mass is 16.5. The summed E-state index contributed by atoms with van der Waals surface area (Å²) in [6.07, 6.45) is 7.42. The van der Waals surface area contributed by atoms with E-state index in [2.05, 4.69) is 18.7 Å². The fourth-order valence-corrected chi connectivity index (χ4v) is 3.20. The number of rotatable bonds is 5. The standard InChI is InChI=1S/C17H30N2O2/c1-3-15(2)16-6-4-9-19(14-16)17(20)7-5-8-18-10-12-21-13-11-18/h5,7,15-16H,3-4,6,8-14H2,1-2H3/b7-5+. The molecular weight excluding hydrogens is 264 g/mol. The molecule has 21 heavy (non-hydrogen) atoms. The van der Waals surface area contributed by atoms with Gasteiger partial charge in [0, 0.05) is 38.8 Å². The van der Waals surface area contributed by atoms with Gasteiger partial charge in [0.15, 0.2) is 0 Å². The molecule has 0 saturated carbocycles. The van der Waals surface area contributed by atoms with E-state index in [0.29, 0.717) is 5.92 Å². The summed E-state index contributed by atoms with van der Waals surface area (Å²) in [5.74, 6) is 1.59. The second kappa shape index (κ2) is 8.54. The summed E-state index contributed by atoms with van der Waals surface area (Å²) >= 11 is 0. The first kappa shape index (κ1) is 16.5. The van der Waals surface area contributed by atoms with E-state index >= 15 is 0 Å². The molecule has 0 N–H and O–H groups in total. The quantitative estimate of drug-likeness (QED) is 0.729. The van der Waals surface area contributed by atoms with E-state index in [9.17, 15) is 4.79 Å². The lowest BCUT2D eigenvalue weighted by Gasteiger charge is -2.35. The van der Waals surface area contributed by atoms with Crippen molar-refractivity contribution in [3.8, 4) is 0 Å². The van der Waals surface area contributed by atoms with E-state index in [1.807, 2.05) is 11.0 Å². The number of nitrogens with zero attached hydrogens (tertiary/aromatic N) is 2. The van der Waals surface area contributed by atoms with Crippen molar-refractivity contribution in [1.29, 1.82) is 0 Å². The number of hydrogen-bond acceptors (Lipinski definition) is 3. The number of carbonyl (C=O) groups is 1. The van der Waals surface area contributed by atoms with Crippen molar-refractivity contribution in [2.75, 3.05) is 45.9 Å². The third kappa shape index (κ3) is 5.11. The van der Waals surface area contributed by atoms with Gasteiger partial charge in [-0.05, 0) is 24.7 Å². The highest BCUT2D eigenvalue weighted by Gasteiger charge is 2.25. The zero-order valence-corrected chi connectivity index (χ0v) is 13.6. The molecule has 4 heteroatoms. The molecule has 2 rings (SSSR count). The molecule has 1 amide bonds. The van der Waals surface area contributed by atoms with Crippen LogP contribution in [0.1, 0.15) is 33.1 Å². The van der Waals surface area contributed by atoms with Crippen molar-refractivity contribution < 1.29 is 9.53 Å². The van der Waals surface area contributed by atoms with E-state index in [1.165, 1.54) is 12.8 Å². The van der Waals surface area contributed by atoms with E-state index in [1.54, 1.807) is 6.08 Å². The fraction of sp³-hybridized carbons (Fsp3) is 0.824. The summed E-state index contributed by atoms with van der Waals surface area (Å²) < 4.78 is 5.33. The molecule has 4 nitrogen and oxygen atoms in total. The van der Waals surface area contributed by atoms with Gasteiger partial charge in [-0.25, -0.2) is 0 Å². The summed E-state index contributed by atoms with van der Waals surface area (Å²) in [6.45, 7) is 10.8. The monoisotopic (exact) mass is 294 g/mol. The molecule has 120 valence electrons. The number of carbonyl (C=O) groups excluding carboxylic acids is 1. The minimum absolute atomic E-state index is 0.191. The molecule has 0 aromatic heterocycles. The van der Waals surface area contributed by atoms with E-state index in [4.69, 9.17) is 4.74 Å². The minimum Gasteiger partial charge on any atom is -0.379 e. The summed E-state index contributed by atoms with van der Waals surface area (Å²) in [4.78, 5) is 16.7. The Hall–Kier alpha value is -0.870. The fourth-order valence-electron chi connectivity index (χ4n) is 3.20. The smallest absolute Gasteiger partial charge is 0.246 e. The van der Waals surface area contributed by atoms with Gasteiger partial charge >= 0.3 is 0 Å². The van der Waals surface area contributed by atoms with Crippen LogP contribution < -0.4 is 0 Å². The highest BCUT2D eigenvalue weighted by Crippen LogP contribution is 2.25. The van der Waals surface area contributed by atoms with Crippen LogP contribution in [0.4, 0.5) is 0 Å². The molecule has 2 aliphatic heterocycles. The van der Waals surface area contributed by atoms with Crippen molar-refractivity contribution >= 4 is 5.91 Å². The van der Waals surface area contributed by atoms with E-state index < -0.39 is 0 Å². The molecule has 2 heterocycles. The van der Waals surface area contributed by atoms with Crippen molar-refractivity contribution in [2.45, 2.75) is 33.1 Å². The van der Waals surface area contributed by atoms with Crippen molar-refractivity contribution in [3.63, 3.8) is 0 Å². The van der Waals surface area contributed by atoms with Crippen molar-refractivity contribution in [3.05, 3.63) is 12.2 Å². The van der Waals surface area contributed by atoms with Gasteiger partial charge in [-0.3, -0.25) is 9.69 Å². The van der Waals surface area contributed by atoms with Gasteiger partial charge in [0.25, 0.3) is 0 Å². The third-order valence-corrected chi connectivity index (χ3v) is 4.95. The molecule has 0 aromatic rings. The molecule has 0 radical (unpaired) electrons. The molecule has 2 unspecified atom stereocenters. The Morgan fingerprint density at radius 1 is 1.33 bits per heavy atom. The maximum atomic E-state index is 12.3. The predicted molar refractivity (Wildman–Crippen MR) is 85.2 cm³/mol. The van der Waals surface area contributed by atoms with Crippen LogP contribution in [0.2, 0.25) is 0 Å².